The molecule has 2 aromatic carbocycles. The maximum absolute atomic E-state index is 10.6. The summed E-state index contributed by atoms with van der Waals surface area (Å²) in [6.07, 6.45) is 1.11. The van der Waals surface area contributed by atoms with E-state index in [2.05, 4.69) is 86.8 Å². The highest BCUT2D eigenvalue weighted by molar-refractivity contribution is 6.99. The van der Waals surface area contributed by atoms with Gasteiger partial charge in [-0.1, -0.05) is 81.4 Å². The van der Waals surface area contributed by atoms with Crippen molar-refractivity contribution in [2.75, 3.05) is 13.2 Å². The maximum atomic E-state index is 10.6. The Morgan fingerprint density at radius 2 is 1.52 bits per heavy atom. The summed E-state index contributed by atoms with van der Waals surface area (Å²) in [4.78, 5) is 0. The number of piperidine rings is 1. The lowest BCUT2D eigenvalue weighted by Crippen LogP contribution is -2.68. The van der Waals surface area contributed by atoms with Gasteiger partial charge in [-0.3, -0.25) is 5.32 Å². The van der Waals surface area contributed by atoms with Crippen molar-refractivity contribution in [3.63, 3.8) is 0 Å². The van der Waals surface area contributed by atoms with Gasteiger partial charge < -0.3 is 14.3 Å². The Morgan fingerprint density at radius 1 is 0.966 bits per heavy atom. The van der Waals surface area contributed by atoms with E-state index in [0.29, 0.717) is 13.2 Å². The van der Waals surface area contributed by atoms with Crippen LogP contribution in [0.25, 0.3) is 0 Å². The average molecular weight is 414 g/mol. The van der Waals surface area contributed by atoms with Gasteiger partial charge in [-0.15, -0.1) is 0 Å². The second kappa shape index (κ2) is 9.54. The zero-order valence-corrected chi connectivity index (χ0v) is 19.1. The lowest BCUT2D eigenvalue weighted by Gasteiger charge is -2.45. The predicted octanol–water partition coefficient (Wildman–Crippen LogP) is 3.04. The minimum atomic E-state index is -2.60. The summed E-state index contributed by atoms with van der Waals surface area (Å²) in [6, 6.07) is 21.1. The molecule has 3 rings (SSSR count). The van der Waals surface area contributed by atoms with Crippen molar-refractivity contribution in [3.05, 3.63) is 60.7 Å². The molecule has 0 amide bonds. The smallest absolute Gasteiger partial charge is 0.261 e. The summed E-state index contributed by atoms with van der Waals surface area (Å²) in [6.45, 7) is 9.93. The molecule has 2 aromatic rings. The normalized spacial score (nSPS) is 23.1. The molecule has 158 valence electrons. The van der Waals surface area contributed by atoms with E-state index in [1.54, 1.807) is 0 Å². The van der Waals surface area contributed by atoms with E-state index in [0.717, 1.165) is 12.8 Å². The van der Waals surface area contributed by atoms with E-state index < -0.39 is 14.4 Å². The average Bonchev–Trinajstić information content (AvgIpc) is 2.71. The Balaban J connectivity index is 1.95. The molecule has 0 bridgehead atoms. The van der Waals surface area contributed by atoms with E-state index in [-0.39, 0.29) is 17.3 Å². The summed E-state index contributed by atoms with van der Waals surface area (Å²) in [5.41, 5.74) is 0. The van der Waals surface area contributed by atoms with Crippen LogP contribution in [0.4, 0.5) is 0 Å². The number of benzene rings is 2. The van der Waals surface area contributed by atoms with Crippen molar-refractivity contribution in [1.82, 2.24) is 5.32 Å². The molecule has 0 unspecified atom stereocenters. The number of hydrogen-bond acceptors (Lipinski definition) is 4. The van der Waals surface area contributed by atoms with E-state index in [4.69, 9.17) is 9.16 Å². The summed E-state index contributed by atoms with van der Waals surface area (Å²) in [7, 11) is -2.60. The van der Waals surface area contributed by atoms with Crippen molar-refractivity contribution in [3.8, 4) is 0 Å². The van der Waals surface area contributed by atoms with Crippen LogP contribution in [-0.4, -0.2) is 45.0 Å². The fraction of sp³-hybridized carbons (Fsp3) is 0.500. The van der Waals surface area contributed by atoms with Crippen LogP contribution in [0.2, 0.25) is 5.04 Å². The largest absolute Gasteiger partial charge is 0.406 e. The number of ether oxygens (including phenoxy) is 1. The first-order valence-electron chi connectivity index (χ1n) is 10.7. The first-order valence-corrected chi connectivity index (χ1v) is 12.6. The highest BCUT2D eigenvalue weighted by Gasteiger charge is 2.50. The Labute approximate surface area is 176 Å². The van der Waals surface area contributed by atoms with Crippen LogP contribution in [0.5, 0.6) is 0 Å². The zero-order chi connectivity index (χ0) is 20.9. The van der Waals surface area contributed by atoms with Crippen LogP contribution in [-0.2, 0) is 9.16 Å². The third kappa shape index (κ3) is 4.81. The Morgan fingerprint density at radius 3 is 2.00 bits per heavy atom. The molecule has 2 N–H and O–H groups in total. The molecule has 1 aliphatic rings. The van der Waals surface area contributed by atoms with E-state index in [1.165, 1.54) is 10.4 Å². The Kier molecular flexibility index (Phi) is 7.30. The topological polar surface area (TPSA) is 50.7 Å². The fourth-order valence-electron chi connectivity index (χ4n) is 4.42. The van der Waals surface area contributed by atoms with Crippen LogP contribution in [0, 0.1) is 0 Å². The number of nitrogens with one attached hydrogen (secondary N) is 1. The van der Waals surface area contributed by atoms with Crippen LogP contribution in [0.1, 0.15) is 40.5 Å². The molecule has 5 heteroatoms. The Bertz CT molecular complexity index is 708. The second-order valence-corrected chi connectivity index (χ2v) is 13.1. The molecule has 1 saturated heterocycles. The van der Waals surface area contributed by atoms with Gasteiger partial charge >= 0.3 is 0 Å². The SMILES string of the molecule is CCO[C@H]1CC[C@@H](O)[C@H](CO[Si](c2ccccc2)(c2ccccc2)C(C)(C)C)N1. The molecule has 0 spiro atoms. The number of aliphatic hydroxyl groups is 1. The van der Waals surface area contributed by atoms with Gasteiger partial charge in [-0.2, -0.15) is 0 Å². The monoisotopic (exact) mass is 413 g/mol. The zero-order valence-electron chi connectivity index (χ0n) is 18.1. The van der Waals surface area contributed by atoms with E-state index >= 15 is 0 Å². The summed E-state index contributed by atoms with van der Waals surface area (Å²) < 4.78 is 12.7. The predicted molar refractivity (Wildman–Crippen MR) is 121 cm³/mol. The van der Waals surface area contributed by atoms with Gasteiger partial charge in [0, 0.05) is 6.61 Å². The first kappa shape index (κ1) is 22.2. The van der Waals surface area contributed by atoms with E-state index in [9.17, 15) is 5.11 Å². The summed E-state index contributed by atoms with van der Waals surface area (Å²) >= 11 is 0. The molecule has 0 aliphatic carbocycles. The molecule has 0 aromatic heterocycles. The molecule has 4 nitrogen and oxygen atoms in total. The molecule has 1 aliphatic heterocycles. The highest BCUT2D eigenvalue weighted by atomic mass is 28.4. The molecule has 3 atom stereocenters. The highest BCUT2D eigenvalue weighted by Crippen LogP contribution is 2.37. The molecular formula is C24H35NO3Si. The second-order valence-electron chi connectivity index (χ2n) is 8.84. The van der Waals surface area contributed by atoms with Crippen molar-refractivity contribution in [2.24, 2.45) is 0 Å². The van der Waals surface area contributed by atoms with Crippen LogP contribution in [0.3, 0.4) is 0 Å². The van der Waals surface area contributed by atoms with Gasteiger partial charge in [-0.05, 0) is 35.2 Å². The van der Waals surface area contributed by atoms with Crippen LogP contribution < -0.4 is 15.7 Å². The van der Waals surface area contributed by atoms with Gasteiger partial charge in [0.2, 0.25) is 0 Å². The van der Waals surface area contributed by atoms with Gasteiger partial charge in [0.05, 0.1) is 18.8 Å². The van der Waals surface area contributed by atoms with Crippen molar-refractivity contribution < 1.29 is 14.3 Å². The van der Waals surface area contributed by atoms with Crippen molar-refractivity contribution >= 4 is 18.7 Å². The lowest BCUT2D eigenvalue weighted by molar-refractivity contribution is -0.0423. The van der Waals surface area contributed by atoms with Gasteiger partial charge in [-0.25, -0.2) is 0 Å². The fourth-order valence-corrected chi connectivity index (χ4v) is 9.01. The third-order valence-electron chi connectivity index (χ3n) is 5.85. The third-order valence-corrected chi connectivity index (χ3v) is 10.9. The van der Waals surface area contributed by atoms with Crippen molar-refractivity contribution in [2.45, 2.75) is 63.9 Å². The number of rotatable bonds is 7. The lowest BCUT2D eigenvalue weighted by atomic mass is 10.0. The first-order chi connectivity index (χ1) is 13.9. The van der Waals surface area contributed by atoms with E-state index in [1.807, 2.05) is 6.92 Å². The van der Waals surface area contributed by atoms with Gasteiger partial charge in [0.15, 0.2) is 0 Å². The van der Waals surface area contributed by atoms with Gasteiger partial charge in [0.1, 0.15) is 6.23 Å². The van der Waals surface area contributed by atoms with Crippen LogP contribution in [0.15, 0.2) is 60.7 Å². The number of aliphatic hydroxyl groups excluding tert-OH is 1. The number of hydrogen-bond donors (Lipinski definition) is 2. The molecule has 0 saturated carbocycles. The van der Waals surface area contributed by atoms with Crippen molar-refractivity contribution in [1.29, 1.82) is 0 Å². The molecule has 29 heavy (non-hydrogen) atoms. The minimum absolute atomic E-state index is 0.0175. The Hall–Kier alpha value is -1.50. The molecule has 1 fully saturated rings. The molecular weight excluding hydrogens is 378 g/mol. The summed E-state index contributed by atoms with van der Waals surface area (Å²) in [5, 5.41) is 16.5. The maximum Gasteiger partial charge on any atom is 0.261 e. The molecule has 1 heterocycles. The van der Waals surface area contributed by atoms with Gasteiger partial charge in [0.25, 0.3) is 8.32 Å². The summed E-state index contributed by atoms with van der Waals surface area (Å²) in [5.74, 6) is 0. The quantitative estimate of drug-likeness (QED) is 0.685. The minimum Gasteiger partial charge on any atom is -0.406 e. The standard InChI is InChI=1S/C24H35NO3Si/c1-5-27-23-17-16-22(26)21(25-23)18-28-29(24(2,3)4,19-12-8-6-9-13-19)20-14-10-7-11-15-20/h6-15,21-23,25-26H,5,16-18H2,1-4H3/t21-,22+,23-/m0/s1. The van der Waals surface area contributed by atoms with Crippen LogP contribution >= 0.6 is 0 Å². The molecule has 0 radical (unpaired) electrons.